The van der Waals surface area contributed by atoms with Crippen LogP contribution in [-0.2, 0) is 14.3 Å². The highest BCUT2D eigenvalue weighted by Gasteiger charge is 2.30. The number of rotatable bonds is 8. The Morgan fingerprint density at radius 2 is 1.49 bits per heavy atom. The van der Waals surface area contributed by atoms with E-state index in [1.807, 2.05) is 26.8 Å². The van der Waals surface area contributed by atoms with Gasteiger partial charge in [-0.25, -0.2) is 8.78 Å². The van der Waals surface area contributed by atoms with Crippen molar-refractivity contribution >= 4 is 6.47 Å². The summed E-state index contributed by atoms with van der Waals surface area (Å²) in [5, 5.41) is 16.5. The standard InChI is InChI=1S/C11H24N2.C7H13NO.C5H9F2N.C4H9N.C2H6O.C2H6.CH5N.CH2O2/c1-3-5-8-13-9-6-11(7-10-13)12-4-2;1-6(5-8)4-7(2)9-3;6-5(7)1-3-8-4-2-5;1-2-4-5-3-1;1-3-2;2*1-2;2-1-3/h11-12H,3-10H2,1-2H3;4H,1,5,8H2,2-3H3;8H,1-4H2;5H,1-4H2;1-2H3;1-2H3;2H2,1H3;1H,(H,2,3)/b;7-4+;;;;;;. The van der Waals surface area contributed by atoms with E-state index in [2.05, 4.69) is 51.7 Å². The number of nitrogens with two attached hydrogens (primary N) is 2. The molecule has 0 aliphatic carbocycles. The third-order valence-corrected chi connectivity index (χ3v) is 6.19. The van der Waals surface area contributed by atoms with Gasteiger partial charge < -0.3 is 46.9 Å². The molecule has 0 saturated carbocycles. The second-order valence-corrected chi connectivity index (χ2v) is 9.93. The lowest BCUT2D eigenvalue weighted by Gasteiger charge is -2.32. The Kier molecular flexibility index (Phi) is 52.2. The Morgan fingerprint density at radius 3 is 1.78 bits per heavy atom. The molecule has 0 aromatic rings. The lowest BCUT2D eigenvalue weighted by molar-refractivity contribution is -0.122. The van der Waals surface area contributed by atoms with Crippen LogP contribution in [0, 0.1) is 0 Å². The van der Waals surface area contributed by atoms with Crippen LogP contribution in [0.4, 0.5) is 8.78 Å². The van der Waals surface area contributed by atoms with Crippen molar-refractivity contribution in [3.63, 3.8) is 0 Å². The van der Waals surface area contributed by atoms with Gasteiger partial charge in [0.15, 0.2) is 0 Å². The molecule has 3 heterocycles. The topological polar surface area (TPSA) is 147 Å². The van der Waals surface area contributed by atoms with Crippen LogP contribution >= 0.6 is 0 Å². The molecule has 0 radical (unpaired) electrons. The van der Waals surface area contributed by atoms with Gasteiger partial charge in [-0.05, 0) is 97.0 Å². The van der Waals surface area contributed by atoms with E-state index in [0.717, 1.165) is 23.9 Å². The van der Waals surface area contributed by atoms with Gasteiger partial charge in [-0.15, -0.1) is 0 Å². The molecule has 3 aliphatic heterocycles. The summed E-state index contributed by atoms with van der Waals surface area (Å²) in [5.74, 6) is -1.55. The molecule has 0 spiro atoms. The van der Waals surface area contributed by atoms with Gasteiger partial charge in [0, 0.05) is 52.7 Å². The summed E-state index contributed by atoms with van der Waals surface area (Å²) in [7, 11) is 6.37. The van der Waals surface area contributed by atoms with Crippen LogP contribution in [0.25, 0.3) is 0 Å². The van der Waals surface area contributed by atoms with Crippen molar-refractivity contribution < 1.29 is 28.2 Å². The summed E-state index contributed by atoms with van der Waals surface area (Å²) < 4.78 is 33.4. The molecule has 45 heavy (non-hydrogen) atoms. The predicted molar refractivity (Wildman–Crippen MR) is 189 cm³/mol. The largest absolute Gasteiger partial charge is 0.501 e. The molecular formula is C33H74F2N6O4. The predicted octanol–water partition coefficient (Wildman–Crippen LogP) is 4.85. The third kappa shape index (κ3) is 46.9. The number of carboxylic acid groups (broad SMARTS) is 1. The summed E-state index contributed by atoms with van der Waals surface area (Å²) in [6.07, 6.45) is 9.99. The number of piperidine rings is 2. The second-order valence-electron chi connectivity index (χ2n) is 9.93. The molecule has 3 rings (SSSR count). The maximum absolute atomic E-state index is 12.2. The smallest absolute Gasteiger partial charge is 0.290 e. The fourth-order valence-electron chi connectivity index (χ4n) is 3.85. The first-order valence-electron chi connectivity index (χ1n) is 16.5. The maximum atomic E-state index is 12.2. The molecule has 274 valence electrons. The summed E-state index contributed by atoms with van der Waals surface area (Å²) in [6.45, 7) is 22.7. The summed E-state index contributed by atoms with van der Waals surface area (Å²) in [6, 6.07) is 0.794. The average Bonchev–Trinajstić information content (AvgIpc) is 3.65. The number of ether oxygens (including phenoxy) is 2. The van der Waals surface area contributed by atoms with E-state index in [1.54, 1.807) is 21.3 Å². The lowest BCUT2D eigenvalue weighted by Crippen LogP contribution is -2.42. The van der Waals surface area contributed by atoms with Crippen molar-refractivity contribution in [2.45, 2.75) is 97.9 Å². The minimum Gasteiger partial charge on any atom is -0.501 e. The van der Waals surface area contributed by atoms with Crippen LogP contribution in [0.2, 0.25) is 0 Å². The highest BCUT2D eigenvalue weighted by Crippen LogP contribution is 2.23. The SMILES string of the molecule is C1CCNC1.C=C(/C=C(\C)OC)CN.CC.CCCCN1CCC(NCC)CC1.CN.COC.FC1(F)CCNCC1.O=CO. The minimum atomic E-state index is -2.38. The molecular weight excluding hydrogens is 582 g/mol. The summed E-state index contributed by atoms with van der Waals surface area (Å²) in [4.78, 5) is 11.0. The molecule has 0 atom stereocenters. The van der Waals surface area contributed by atoms with E-state index in [9.17, 15) is 8.78 Å². The molecule has 0 amide bonds. The Balaban J connectivity index is -0.000000148. The van der Waals surface area contributed by atoms with Crippen LogP contribution < -0.4 is 27.4 Å². The van der Waals surface area contributed by atoms with E-state index in [1.165, 1.54) is 78.3 Å². The molecule has 0 aromatic carbocycles. The van der Waals surface area contributed by atoms with Crippen molar-refractivity contribution in [1.82, 2.24) is 20.9 Å². The maximum Gasteiger partial charge on any atom is 0.290 e. The van der Waals surface area contributed by atoms with E-state index >= 15 is 0 Å². The molecule has 12 heteroatoms. The summed E-state index contributed by atoms with van der Waals surface area (Å²) in [5.41, 5.74) is 10.7. The van der Waals surface area contributed by atoms with Gasteiger partial charge in [-0.3, -0.25) is 4.79 Å². The van der Waals surface area contributed by atoms with Crippen LogP contribution in [0.5, 0.6) is 0 Å². The summed E-state index contributed by atoms with van der Waals surface area (Å²) >= 11 is 0. The van der Waals surface area contributed by atoms with Crippen LogP contribution in [0.1, 0.15) is 86.0 Å². The molecule has 3 saturated heterocycles. The Hall–Kier alpha value is -1.67. The minimum absolute atomic E-state index is 0.00694. The van der Waals surface area contributed by atoms with Gasteiger partial charge in [0.25, 0.3) is 12.4 Å². The number of nitrogens with zero attached hydrogens (tertiary/aromatic N) is 1. The first-order valence-corrected chi connectivity index (χ1v) is 16.5. The zero-order chi connectivity index (χ0) is 35.8. The molecule has 0 bridgehead atoms. The Labute approximate surface area is 276 Å². The second kappa shape index (κ2) is 44.5. The van der Waals surface area contributed by atoms with Gasteiger partial charge in [0.2, 0.25) is 0 Å². The van der Waals surface area contributed by atoms with E-state index in [0.29, 0.717) is 19.6 Å². The van der Waals surface area contributed by atoms with E-state index in [4.69, 9.17) is 20.4 Å². The molecule has 8 N–H and O–H groups in total. The van der Waals surface area contributed by atoms with Crippen molar-refractivity contribution in [3.8, 4) is 0 Å². The molecule has 10 nitrogen and oxygen atoms in total. The number of methoxy groups -OCH3 is 2. The van der Waals surface area contributed by atoms with Crippen LogP contribution in [0.3, 0.4) is 0 Å². The fourth-order valence-corrected chi connectivity index (χ4v) is 3.85. The van der Waals surface area contributed by atoms with Crippen LogP contribution in [-0.4, -0.2) is 116 Å². The van der Waals surface area contributed by atoms with E-state index < -0.39 is 5.92 Å². The molecule has 3 aliphatic rings. The zero-order valence-electron chi connectivity index (χ0n) is 30.5. The number of alkyl halides is 2. The van der Waals surface area contributed by atoms with Crippen molar-refractivity contribution in [3.05, 3.63) is 24.0 Å². The average molecular weight is 657 g/mol. The highest BCUT2D eigenvalue weighted by atomic mass is 19.3. The van der Waals surface area contributed by atoms with Crippen LogP contribution in [0.15, 0.2) is 24.0 Å². The third-order valence-electron chi connectivity index (χ3n) is 6.19. The van der Waals surface area contributed by atoms with Crippen molar-refractivity contribution in [2.24, 2.45) is 11.5 Å². The zero-order valence-corrected chi connectivity index (χ0v) is 30.5. The lowest BCUT2D eigenvalue weighted by atomic mass is 10.0. The first-order chi connectivity index (χ1) is 21.6. The van der Waals surface area contributed by atoms with Gasteiger partial charge >= 0.3 is 0 Å². The number of unbranched alkanes of at least 4 members (excludes halogenated alkanes) is 1. The number of halogens is 2. The molecule has 3 fully saturated rings. The van der Waals surface area contributed by atoms with Gasteiger partial charge in [0.1, 0.15) is 0 Å². The normalized spacial score (nSPS) is 16.8. The highest BCUT2D eigenvalue weighted by molar-refractivity contribution is 5.32. The number of likely N-dealkylation sites (tertiary alicyclic amines) is 1. The quantitative estimate of drug-likeness (QED) is 0.122. The van der Waals surface area contributed by atoms with Crippen molar-refractivity contribution in [2.75, 3.05) is 87.3 Å². The monoisotopic (exact) mass is 657 g/mol. The number of allylic oxidation sites excluding steroid dienone is 1. The number of carbonyl (C=O) groups is 1. The fraction of sp³-hybridized carbons (Fsp3) is 0.848. The Morgan fingerprint density at radius 1 is 1.04 bits per heavy atom. The first kappa shape index (κ1) is 52.8. The number of hydrogen-bond acceptors (Lipinski definition) is 9. The van der Waals surface area contributed by atoms with Crippen molar-refractivity contribution in [1.29, 1.82) is 0 Å². The molecule has 0 aromatic heterocycles. The van der Waals surface area contributed by atoms with Gasteiger partial charge in [-0.1, -0.05) is 40.7 Å². The van der Waals surface area contributed by atoms with Gasteiger partial charge in [-0.2, -0.15) is 0 Å². The number of nitrogens with one attached hydrogen (secondary N) is 3. The van der Waals surface area contributed by atoms with E-state index in [-0.39, 0.29) is 19.3 Å². The Bertz CT molecular complexity index is 590. The number of hydrogen-bond donors (Lipinski definition) is 6. The van der Waals surface area contributed by atoms with Gasteiger partial charge in [0.05, 0.1) is 12.9 Å². The molecule has 0 unspecified atom stereocenters.